The summed E-state index contributed by atoms with van der Waals surface area (Å²) in [6, 6.07) is 16.4. The molecule has 2 aromatic rings. The van der Waals surface area contributed by atoms with Gasteiger partial charge in [-0.15, -0.1) is 12.4 Å². The first-order valence-electron chi connectivity index (χ1n) is 10.2. The zero-order valence-corrected chi connectivity index (χ0v) is 17.6. The second-order valence-corrected chi connectivity index (χ2v) is 6.99. The van der Waals surface area contributed by atoms with Gasteiger partial charge in [-0.25, -0.2) is 0 Å². The van der Waals surface area contributed by atoms with Crippen molar-refractivity contribution in [1.82, 2.24) is 5.32 Å². The minimum absolute atomic E-state index is 0. The summed E-state index contributed by atoms with van der Waals surface area (Å²) in [5.41, 5.74) is 3.92. The number of allylic oxidation sites excluding steroid dienone is 1. The molecule has 0 fully saturated rings. The fourth-order valence-electron chi connectivity index (χ4n) is 3.47. The predicted molar refractivity (Wildman–Crippen MR) is 119 cm³/mol. The average molecular weight is 402 g/mol. The van der Waals surface area contributed by atoms with Gasteiger partial charge in [0, 0.05) is 12.1 Å². The third kappa shape index (κ3) is 6.88. The third-order valence-corrected chi connectivity index (χ3v) is 4.91. The Labute approximate surface area is 175 Å². The minimum Gasteiger partial charge on any atom is -0.490 e. The van der Waals surface area contributed by atoms with Crippen LogP contribution in [-0.4, -0.2) is 13.2 Å². The quantitative estimate of drug-likeness (QED) is 0.387. The number of hydrogen-bond acceptors (Lipinski definition) is 3. The fraction of sp³-hybridized carbons (Fsp3) is 0.417. The molecule has 0 saturated heterocycles. The highest BCUT2D eigenvalue weighted by molar-refractivity contribution is 5.85. The van der Waals surface area contributed by atoms with Crippen LogP contribution < -0.4 is 14.8 Å². The maximum atomic E-state index is 6.18. The van der Waals surface area contributed by atoms with Gasteiger partial charge in [0.1, 0.15) is 6.61 Å². The maximum Gasteiger partial charge on any atom is 0.166 e. The van der Waals surface area contributed by atoms with E-state index in [-0.39, 0.29) is 12.4 Å². The third-order valence-electron chi connectivity index (χ3n) is 4.91. The van der Waals surface area contributed by atoms with Gasteiger partial charge in [-0.1, -0.05) is 54.1 Å². The first kappa shape index (κ1) is 22.3. The van der Waals surface area contributed by atoms with E-state index in [1.54, 1.807) is 5.57 Å². The Bertz CT molecular complexity index is 731. The lowest BCUT2D eigenvalue weighted by atomic mass is 9.97. The average Bonchev–Trinajstić information content (AvgIpc) is 2.72. The number of hydrogen-bond donors (Lipinski definition) is 1. The molecule has 0 spiro atoms. The molecule has 0 aliphatic heterocycles. The summed E-state index contributed by atoms with van der Waals surface area (Å²) >= 11 is 0. The number of para-hydroxylation sites is 1. The van der Waals surface area contributed by atoms with Crippen LogP contribution in [-0.2, 0) is 13.2 Å². The highest BCUT2D eigenvalue weighted by Gasteiger charge is 2.11. The SMILES string of the molecule is CCOc1cccc(CNCCC2=CCCCC2)c1OCc1ccccc1.Cl. The lowest BCUT2D eigenvalue weighted by molar-refractivity contribution is 0.266. The number of nitrogens with one attached hydrogen (secondary N) is 1. The minimum atomic E-state index is 0. The Kier molecular flexibility index (Phi) is 9.95. The van der Waals surface area contributed by atoms with Crippen LogP contribution in [0.3, 0.4) is 0 Å². The van der Waals surface area contributed by atoms with Gasteiger partial charge in [0.15, 0.2) is 11.5 Å². The molecule has 0 amide bonds. The first-order valence-corrected chi connectivity index (χ1v) is 10.2. The molecule has 1 aliphatic rings. The highest BCUT2D eigenvalue weighted by Crippen LogP contribution is 2.32. The van der Waals surface area contributed by atoms with Gasteiger partial charge < -0.3 is 14.8 Å². The molecule has 1 N–H and O–H groups in total. The lowest BCUT2D eigenvalue weighted by Gasteiger charge is -2.17. The molecular formula is C24H32ClNO2. The van der Waals surface area contributed by atoms with Crippen molar-refractivity contribution >= 4 is 12.4 Å². The monoisotopic (exact) mass is 401 g/mol. The maximum absolute atomic E-state index is 6.18. The van der Waals surface area contributed by atoms with Crippen molar-refractivity contribution in [2.24, 2.45) is 0 Å². The summed E-state index contributed by atoms with van der Waals surface area (Å²) in [4.78, 5) is 0. The molecular weight excluding hydrogens is 370 g/mol. The van der Waals surface area contributed by atoms with Crippen molar-refractivity contribution in [1.29, 1.82) is 0 Å². The molecule has 1 aliphatic carbocycles. The topological polar surface area (TPSA) is 30.5 Å². The molecule has 4 heteroatoms. The summed E-state index contributed by atoms with van der Waals surface area (Å²) in [7, 11) is 0. The van der Waals surface area contributed by atoms with E-state index in [4.69, 9.17) is 9.47 Å². The molecule has 28 heavy (non-hydrogen) atoms. The molecule has 0 radical (unpaired) electrons. The largest absolute Gasteiger partial charge is 0.490 e. The summed E-state index contributed by atoms with van der Waals surface area (Å²) in [6.07, 6.45) is 8.79. The van der Waals surface area contributed by atoms with Gasteiger partial charge in [0.2, 0.25) is 0 Å². The fourth-order valence-corrected chi connectivity index (χ4v) is 3.47. The van der Waals surface area contributed by atoms with Crippen LogP contribution in [0, 0.1) is 0 Å². The summed E-state index contributed by atoms with van der Waals surface area (Å²) in [5.74, 6) is 1.68. The zero-order chi connectivity index (χ0) is 18.7. The van der Waals surface area contributed by atoms with Crippen LogP contribution in [0.25, 0.3) is 0 Å². The van der Waals surface area contributed by atoms with E-state index in [9.17, 15) is 0 Å². The summed E-state index contributed by atoms with van der Waals surface area (Å²) in [5, 5.41) is 3.58. The van der Waals surface area contributed by atoms with Crippen LogP contribution in [0.4, 0.5) is 0 Å². The number of ether oxygens (including phenoxy) is 2. The smallest absolute Gasteiger partial charge is 0.166 e. The molecule has 2 aromatic carbocycles. The molecule has 3 nitrogen and oxygen atoms in total. The summed E-state index contributed by atoms with van der Waals surface area (Å²) < 4.78 is 12.0. The van der Waals surface area contributed by atoms with Gasteiger partial charge in [-0.05, 0) is 57.2 Å². The Morgan fingerprint density at radius 3 is 2.57 bits per heavy atom. The predicted octanol–water partition coefficient (Wildman–Crippen LogP) is 6.07. The van der Waals surface area contributed by atoms with E-state index >= 15 is 0 Å². The van der Waals surface area contributed by atoms with Crippen molar-refractivity contribution in [2.45, 2.75) is 52.2 Å². The lowest BCUT2D eigenvalue weighted by Crippen LogP contribution is -2.16. The molecule has 0 aromatic heterocycles. The number of rotatable bonds is 10. The van der Waals surface area contributed by atoms with Crippen molar-refractivity contribution in [3.63, 3.8) is 0 Å². The van der Waals surface area contributed by atoms with E-state index in [2.05, 4.69) is 29.6 Å². The standard InChI is InChI=1S/C24H31NO2.ClH/c1-2-26-23-15-9-14-22(18-25-17-16-20-10-5-3-6-11-20)24(23)27-19-21-12-7-4-8-13-21;/h4,7-10,12-15,25H,2-3,5-6,11,16-19H2,1H3;1H. The van der Waals surface area contributed by atoms with Crippen molar-refractivity contribution in [2.75, 3.05) is 13.2 Å². The van der Waals surface area contributed by atoms with Crippen LogP contribution in [0.1, 0.15) is 50.2 Å². The van der Waals surface area contributed by atoms with Gasteiger partial charge in [0.25, 0.3) is 0 Å². The van der Waals surface area contributed by atoms with E-state index < -0.39 is 0 Å². The molecule has 0 atom stereocenters. The first-order chi connectivity index (χ1) is 13.4. The molecule has 0 bridgehead atoms. The molecule has 3 rings (SSSR count). The van der Waals surface area contributed by atoms with Crippen LogP contribution >= 0.6 is 12.4 Å². The number of benzene rings is 2. The van der Waals surface area contributed by atoms with Gasteiger partial charge in [0.05, 0.1) is 6.61 Å². The zero-order valence-electron chi connectivity index (χ0n) is 16.8. The Hall–Kier alpha value is -1.97. The molecule has 152 valence electrons. The van der Waals surface area contributed by atoms with Gasteiger partial charge >= 0.3 is 0 Å². The second-order valence-electron chi connectivity index (χ2n) is 6.99. The molecule has 0 saturated carbocycles. The number of halogens is 1. The van der Waals surface area contributed by atoms with E-state index in [1.807, 2.05) is 37.3 Å². The van der Waals surface area contributed by atoms with E-state index in [0.29, 0.717) is 13.2 Å². The normalized spacial score (nSPS) is 13.4. The second kappa shape index (κ2) is 12.5. The molecule has 0 heterocycles. The Morgan fingerprint density at radius 2 is 1.82 bits per heavy atom. The Balaban J connectivity index is 0.00000280. The van der Waals surface area contributed by atoms with Crippen LogP contribution in [0.5, 0.6) is 11.5 Å². The van der Waals surface area contributed by atoms with Crippen LogP contribution in [0.2, 0.25) is 0 Å². The van der Waals surface area contributed by atoms with Crippen molar-refractivity contribution in [3.8, 4) is 11.5 Å². The highest BCUT2D eigenvalue weighted by atomic mass is 35.5. The molecule has 0 unspecified atom stereocenters. The van der Waals surface area contributed by atoms with E-state index in [1.165, 1.54) is 25.7 Å². The van der Waals surface area contributed by atoms with E-state index in [0.717, 1.165) is 42.1 Å². The van der Waals surface area contributed by atoms with Gasteiger partial charge in [-0.2, -0.15) is 0 Å². The Morgan fingerprint density at radius 1 is 0.964 bits per heavy atom. The van der Waals surface area contributed by atoms with Gasteiger partial charge in [-0.3, -0.25) is 0 Å². The summed E-state index contributed by atoms with van der Waals surface area (Å²) in [6.45, 7) is 4.97. The van der Waals surface area contributed by atoms with Crippen molar-refractivity contribution < 1.29 is 9.47 Å². The van der Waals surface area contributed by atoms with Crippen molar-refractivity contribution in [3.05, 3.63) is 71.3 Å². The van der Waals surface area contributed by atoms with Crippen LogP contribution in [0.15, 0.2) is 60.2 Å².